The maximum atomic E-state index is 12.0. The number of thioether (sulfide) groups is 1. The highest BCUT2D eigenvalue weighted by Crippen LogP contribution is 2.38. The van der Waals surface area contributed by atoms with Crippen LogP contribution < -0.4 is 10.6 Å². The van der Waals surface area contributed by atoms with E-state index in [4.69, 9.17) is 11.6 Å². The summed E-state index contributed by atoms with van der Waals surface area (Å²) in [6.07, 6.45) is 1.06. The van der Waals surface area contributed by atoms with Gasteiger partial charge in [0.2, 0.25) is 11.8 Å². The van der Waals surface area contributed by atoms with Crippen molar-refractivity contribution in [1.29, 1.82) is 0 Å². The predicted molar refractivity (Wildman–Crippen MR) is 82.2 cm³/mol. The lowest BCUT2D eigenvalue weighted by molar-refractivity contribution is -0.124. The van der Waals surface area contributed by atoms with Gasteiger partial charge in [-0.25, -0.2) is 0 Å². The molecule has 0 saturated heterocycles. The molecule has 20 heavy (non-hydrogen) atoms. The van der Waals surface area contributed by atoms with Gasteiger partial charge in [-0.1, -0.05) is 18.5 Å². The van der Waals surface area contributed by atoms with Gasteiger partial charge in [-0.05, 0) is 31.5 Å². The van der Waals surface area contributed by atoms with Crippen molar-refractivity contribution in [3.8, 4) is 0 Å². The Bertz CT molecular complexity index is 536. The van der Waals surface area contributed by atoms with Crippen molar-refractivity contribution in [2.45, 2.75) is 42.9 Å². The van der Waals surface area contributed by atoms with Crippen LogP contribution in [0.3, 0.4) is 0 Å². The Morgan fingerprint density at radius 1 is 1.55 bits per heavy atom. The molecule has 1 aliphatic rings. The van der Waals surface area contributed by atoms with E-state index in [0.29, 0.717) is 10.7 Å². The number of benzene rings is 1. The molecule has 1 aromatic carbocycles. The van der Waals surface area contributed by atoms with Crippen molar-refractivity contribution < 1.29 is 9.59 Å². The summed E-state index contributed by atoms with van der Waals surface area (Å²) in [5.41, 5.74) is 0.714. The Morgan fingerprint density at radius 3 is 3.00 bits per heavy atom. The summed E-state index contributed by atoms with van der Waals surface area (Å²) in [6.45, 7) is 3.95. The van der Waals surface area contributed by atoms with Gasteiger partial charge in [0.15, 0.2) is 0 Å². The first-order valence-corrected chi connectivity index (χ1v) is 7.81. The van der Waals surface area contributed by atoms with Gasteiger partial charge in [0.25, 0.3) is 0 Å². The zero-order valence-electron chi connectivity index (χ0n) is 11.4. The van der Waals surface area contributed by atoms with Crippen LogP contribution in [0.1, 0.15) is 26.7 Å². The van der Waals surface area contributed by atoms with Crippen LogP contribution in [-0.4, -0.2) is 23.1 Å². The molecular formula is C14H17ClN2O2S. The molecule has 0 aliphatic carbocycles. The summed E-state index contributed by atoms with van der Waals surface area (Å²) in [4.78, 5) is 24.8. The number of nitrogens with one attached hydrogen (secondary N) is 2. The average Bonchev–Trinajstić information content (AvgIpc) is 2.39. The summed E-state index contributed by atoms with van der Waals surface area (Å²) in [5.74, 6) is -0.242. The van der Waals surface area contributed by atoms with E-state index in [1.807, 2.05) is 19.9 Å². The van der Waals surface area contributed by atoms with Crippen LogP contribution in [0.4, 0.5) is 5.69 Å². The smallest absolute Gasteiger partial charge is 0.238 e. The van der Waals surface area contributed by atoms with Gasteiger partial charge in [0, 0.05) is 22.4 Å². The fourth-order valence-electron chi connectivity index (χ4n) is 1.86. The average molecular weight is 313 g/mol. The van der Waals surface area contributed by atoms with Crippen LogP contribution in [0, 0.1) is 0 Å². The molecule has 0 saturated carbocycles. The molecule has 0 fully saturated rings. The van der Waals surface area contributed by atoms with Crippen molar-refractivity contribution in [3.63, 3.8) is 0 Å². The van der Waals surface area contributed by atoms with Gasteiger partial charge in [-0.3, -0.25) is 9.59 Å². The van der Waals surface area contributed by atoms with Crippen molar-refractivity contribution in [2.75, 3.05) is 5.32 Å². The number of halogens is 1. The summed E-state index contributed by atoms with van der Waals surface area (Å²) in [5, 5.41) is 5.86. The van der Waals surface area contributed by atoms with Crippen molar-refractivity contribution in [3.05, 3.63) is 23.2 Å². The molecule has 0 radical (unpaired) electrons. The van der Waals surface area contributed by atoms with Gasteiger partial charge in [-0.15, -0.1) is 11.8 Å². The first-order valence-electron chi connectivity index (χ1n) is 6.56. The molecule has 108 valence electrons. The van der Waals surface area contributed by atoms with E-state index in [1.54, 1.807) is 12.1 Å². The highest BCUT2D eigenvalue weighted by molar-refractivity contribution is 8.01. The summed E-state index contributed by atoms with van der Waals surface area (Å²) < 4.78 is 0. The van der Waals surface area contributed by atoms with Gasteiger partial charge in [0.05, 0.1) is 10.9 Å². The van der Waals surface area contributed by atoms with E-state index in [2.05, 4.69) is 10.6 Å². The normalized spacial score (nSPS) is 18.9. The van der Waals surface area contributed by atoms with Crippen molar-refractivity contribution in [1.82, 2.24) is 5.32 Å². The zero-order chi connectivity index (χ0) is 14.7. The van der Waals surface area contributed by atoms with E-state index in [0.717, 1.165) is 11.3 Å². The van der Waals surface area contributed by atoms with Crippen molar-refractivity contribution in [2.24, 2.45) is 0 Å². The number of hydrogen-bond acceptors (Lipinski definition) is 3. The number of carbonyl (C=O) groups excluding carboxylic acids is 2. The maximum absolute atomic E-state index is 12.0. The van der Waals surface area contributed by atoms with E-state index < -0.39 is 5.25 Å². The third-order valence-corrected chi connectivity index (χ3v) is 4.66. The lowest BCUT2D eigenvalue weighted by atomic mass is 10.2. The Morgan fingerprint density at radius 2 is 2.30 bits per heavy atom. The first kappa shape index (κ1) is 15.2. The van der Waals surface area contributed by atoms with Gasteiger partial charge in [0.1, 0.15) is 0 Å². The molecule has 2 atom stereocenters. The number of hydrogen-bond donors (Lipinski definition) is 2. The molecule has 1 aromatic rings. The molecule has 1 heterocycles. The standard InChI is InChI=1S/C14H17ClN2O2S/c1-3-8(2)16-13(18)7-12-14(19)17-10-6-9(15)4-5-11(10)20-12/h4-6,8,12H,3,7H2,1-2H3,(H,16,18)(H,17,19). The second kappa shape index (κ2) is 6.50. The lowest BCUT2D eigenvalue weighted by Crippen LogP contribution is -2.38. The number of carbonyl (C=O) groups is 2. The van der Waals surface area contributed by atoms with Gasteiger partial charge < -0.3 is 10.6 Å². The monoisotopic (exact) mass is 312 g/mol. The van der Waals surface area contributed by atoms with Crippen LogP contribution in [0.15, 0.2) is 23.1 Å². The molecule has 2 rings (SSSR count). The number of anilines is 1. The number of fused-ring (bicyclic) bond motifs is 1. The fourth-order valence-corrected chi connectivity index (χ4v) is 3.12. The molecule has 1 aliphatic heterocycles. The maximum Gasteiger partial charge on any atom is 0.238 e. The Balaban J connectivity index is 2.02. The highest BCUT2D eigenvalue weighted by atomic mass is 35.5. The molecule has 4 nitrogen and oxygen atoms in total. The summed E-state index contributed by atoms with van der Waals surface area (Å²) in [6, 6.07) is 5.49. The van der Waals surface area contributed by atoms with Gasteiger partial charge >= 0.3 is 0 Å². The van der Waals surface area contributed by atoms with E-state index in [-0.39, 0.29) is 24.3 Å². The SMILES string of the molecule is CCC(C)NC(=O)CC1Sc2ccc(Cl)cc2NC1=O. The lowest BCUT2D eigenvalue weighted by Gasteiger charge is -2.24. The predicted octanol–water partition coefficient (Wildman–Crippen LogP) is 3.06. The van der Waals surface area contributed by atoms with Crippen LogP contribution in [-0.2, 0) is 9.59 Å². The minimum absolute atomic E-state index is 0.0931. The van der Waals surface area contributed by atoms with Crippen molar-refractivity contribution >= 4 is 40.9 Å². The Hall–Kier alpha value is -1.20. The minimum atomic E-state index is -0.396. The number of amides is 2. The van der Waals surface area contributed by atoms with Crippen LogP contribution >= 0.6 is 23.4 Å². The Kier molecular flexibility index (Phi) is 4.94. The van der Waals surface area contributed by atoms with E-state index >= 15 is 0 Å². The topological polar surface area (TPSA) is 58.2 Å². The fraction of sp³-hybridized carbons (Fsp3) is 0.429. The van der Waals surface area contributed by atoms with Crippen LogP contribution in [0.2, 0.25) is 5.02 Å². The second-order valence-electron chi connectivity index (χ2n) is 4.82. The third kappa shape index (κ3) is 3.67. The van der Waals surface area contributed by atoms with E-state index in [1.165, 1.54) is 11.8 Å². The molecule has 2 N–H and O–H groups in total. The minimum Gasteiger partial charge on any atom is -0.354 e. The van der Waals surface area contributed by atoms with Gasteiger partial charge in [-0.2, -0.15) is 0 Å². The van der Waals surface area contributed by atoms with E-state index in [9.17, 15) is 9.59 Å². The Labute approximate surface area is 127 Å². The quantitative estimate of drug-likeness (QED) is 0.898. The third-order valence-electron chi connectivity index (χ3n) is 3.15. The molecule has 0 aromatic heterocycles. The highest BCUT2D eigenvalue weighted by Gasteiger charge is 2.29. The molecule has 2 amide bonds. The molecular weight excluding hydrogens is 296 g/mol. The second-order valence-corrected chi connectivity index (χ2v) is 6.50. The van der Waals surface area contributed by atoms with Crippen LogP contribution in [0.5, 0.6) is 0 Å². The molecule has 6 heteroatoms. The summed E-state index contributed by atoms with van der Waals surface area (Å²) >= 11 is 7.30. The number of rotatable bonds is 4. The molecule has 0 spiro atoms. The van der Waals surface area contributed by atoms with Crippen LogP contribution in [0.25, 0.3) is 0 Å². The molecule has 2 unspecified atom stereocenters. The largest absolute Gasteiger partial charge is 0.354 e. The first-order chi connectivity index (χ1) is 9.49. The molecule has 0 bridgehead atoms. The summed E-state index contributed by atoms with van der Waals surface area (Å²) in [7, 11) is 0. The zero-order valence-corrected chi connectivity index (χ0v) is 13.0.